The highest BCUT2D eigenvalue weighted by Gasteiger charge is 2.45. The molecule has 0 aliphatic carbocycles. The highest BCUT2D eigenvalue weighted by molar-refractivity contribution is 5.80. The number of nitrogens with one attached hydrogen (secondary N) is 1. The summed E-state index contributed by atoms with van der Waals surface area (Å²) in [6, 6.07) is 9.97. The SMILES string of the molecule is CCN1C(=O)CC[C@@]12CCCN(C(=O)NCc1ccccc1)CC2. The van der Waals surface area contributed by atoms with Crippen molar-refractivity contribution in [3.8, 4) is 0 Å². The summed E-state index contributed by atoms with van der Waals surface area (Å²) in [5.74, 6) is 0.277. The molecule has 0 bridgehead atoms. The molecule has 5 heteroatoms. The van der Waals surface area contributed by atoms with E-state index in [4.69, 9.17) is 0 Å². The topological polar surface area (TPSA) is 52.7 Å². The Labute approximate surface area is 144 Å². The van der Waals surface area contributed by atoms with Crippen molar-refractivity contribution in [1.29, 1.82) is 0 Å². The molecule has 5 nitrogen and oxygen atoms in total. The maximum absolute atomic E-state index is 12.5. The molecular formula is C19H27N3O2. The molecule has 130 valence electrons. The standard InChI is InChI=1S/C19H27N3O2/c1-2-22-17(23)9-11-19(22)10-6-13-21(14-12-19)18(24)20-15-16-7-4-3-5-8-16/h3-5,7-8H,2,6,9-15H2,1H3,(H,20,24)/t19-/m1/s1. The molecule has 3 amide bonds. The molecule has 2 fully saturated rings. The van der Waals surface area contributed by atoms with E-state index >= 15 is 0 Å². The Morgan fingerprint density at radius 1 is 1.17 bits per heavy atom. The fourth-order valence-electron chi connectivity index (χ4n) is 4.17. The quantitative estimate of drug-likeness (QED) is 0.927. The number of rotatable bonds is 3. The molecule has 0 aromatic heterocycles. The third-order valence-corrected chi connectivity index (χ3v) is 5.49. The minimum absolute atomic E-state index is 0.00303. The predicted molar refractivity (Wildman–Crippen MR) is 93.5 cm³/mol. The zero-order valence-electron chi connectivity index (χ0n) is 14.5. The van der Waals surface area contributed by atoms with Gasteiger partial charge in [-0.2, -0.15) is 0 Å². The number of benzene rings is 1. The van der Waals surface area contributed by atoms with Crippen LogP contribution in [0.25, 0.3) is 0 Å². The van der Waals surface area contributed by atoms with E-state index in [9.17, 15) is 9.59 Å². The van der Waals surface area contributed by atoms with Crippen LogP contribution in [0, 0.1) is 0 Å². The van der Waals surface area contributed by atoms with Crippen LogP contribution in [0.1, 0.15) is 44.6 Å². The lowest BCUT2D eigenvalue weighted by molar-refractivity contribution is -0.131. The van der Waals surface area contributed by atoms with Crippen LogP contribution >= 0.6 is 0 Å². The fraction of sp³-hybridized carbons (Fsp3) is 0.579. The molecule has 0 saturated carbocycles. The minimum Gasteiger partial charge on any atom is -0.337 e. The highest BCUT2D eigenvalue weighted by atomic mass is 16.2. The summed E-state index contributed by atoms with van der Waals surface area (Å²) in [6.45, 7) is 4.89. The van der Waals surface area contributed by atoms with E-state index in [1.54, 1.807) is 0 Å². The van der Waals surface area contributed by atoms with Gasteiger partial charge in [0.25, 0.3) is 0 Å². The third kappa shape index (κ3) is 3.40. The lowest BCUT2D eigenvalue weighted by Crippen LogP contribution is -2.47. The molecule has 1 spiro atoms. The smallest absolute Gasteiger partial charge is 0.317 e. The number of amides is 3. The van der Waals surface area contributed by atoms with Crippen molar-refractivity contribution in [3.63, 3.8) is 0 Å². The highest BCUT2D eigenvalue weighted by Crippen LogP contribution is 2.38. The molecule has 2 saturated heterocycles. The summed E-state index contributed by atoms with van der Waals surface area (Å²) in [7, 11) is 0. The Morgan fingerprint density at radius 2 is 1.96 bits per heavy atom. The van der Waals surface area contributed by atoms with Crippen molar-refractivity contribution in [2.45, 2.75) is 51.1 Å². The van der Waals surface area contributed by atoms with Gasteiger partial charge in [0.15, 0.2) is 0 Å². The Bertz CT molecular complexity index is 590. The van der Waals surface area contributed by atoms with Crippen LogP contribution in [0.3, 0.4) is 0 Å². The summed E-state index contributed by atoms with van der Waals surface area (Å²) in [5.41, 5.74) is 1.09. The molecule has 0 radical (unpaired) electrons. The molecule has 1 N–H and O–H groups in total. The second-order valence-electron chi connectivity index (χ2n) is 6.85. The van der Waals surface area contributed by atoms with E-state index in [0.29, 0.717) is 13.0 Å². The number of urea groups is 1. The molecule has 2 heterocycles. The minimum atomic E-state index is -0.0136. The van der Waals surface area contributed by atoms with Crippen molar-refractivity contribution >= 4 is 11.9 Å². The van der Waals surface area contributed by atoms with Gasteiger partial charge in [0, 0.05) is 38.1 Å². The summed E-state index contributed by atoms with van der Waals surface area (Å²) in [6.07, 6.45) is 4.47. The molecule has 2 aliphatic heterocycles. The van der Waals surface area contributed by atoms with Gasteiger partial charge in [-0.05, 0) is 38.2 Å². The molecule has 1 atom stereocenters. The first-order valence-electron chi connectivity index (χ1n) is 9.02. The van der Waals surface area contributed by atoms with Crippen molar-refractivity contribution in [1.82, 2.24) is 15.1 Å². The number of hydrogen-bond acceptors (Lipinski definition) is 2. The first-order chi connectivity index (χ1) is 11.6. The molecule has 2 aliphatic rings. The van der Waals surface area contributed by atoms with E-state index < -0.39 is 0 Å². The van der Waals surface area contributed by atoms with E-state index in [-0.39, 0.29) is 17.5 Å². The normalized spacial score (nSPS) is 24.3. The van der Waals surface area contributed by atoms with E-state index in [2.05, 4.69) is 17.1 Å². The second kappa shape index (κ2) is 7.24. The molecule has 3 rings (SSSR count). The van der Waals surface area contributed by atoms with Gasteiger partial charge in [0.1, 0.15) is 0 Å². The van der Waals surface area contributed by atoms with Crippen LogP contribution < -0.4 is 5.32 Å². The largest absolute Gasteiger partial charge is 0.337 e. The monoisotopic (exact) mass is 329 g/mol. The van der Waals surface area contributed by atoms with Crippen molar-refractivity contribution in [3.05, 3.63) is 35.9 Å². The zero-order valence-corrected chi connectivity index (χ0v) is 14.5. The average molecular weight is 329 g/mol. The van der Waals surface area contributed by atoms with Crippen LogP contribution in [0.15, 0.2) is 30.3 Å². The molecule has 24 heavy (non-hydrogen) atoms. The Kier molecular flexibility index (Phi) is 5.07. The maximum Gasteiger partial charge on any atom is 0.317 e. The van der Waals surface area contributed by atoms with Gasteiger partial charge in [-0.15, -0.1) is 0 Å². The lowest BCUT2D eigenvalue weighted by Gasteiger charge is -2.37. The Hall–Kier alpha value is -2.04. The Morgan fingerprint density at radius 3 is 2.71 bits per heavy atom. The summed E-state index contributed by atoms with van der Waals surface area (Å²) in [5, 5.41) is 3.02. The maximum atomic E-state index is 12.5. The van der Waals surface area contributed by atoms with Gasteiger partial charge in [-0.25, -0.2) is 4.79 Å². The van der Waals surface area contributed by atoms with Crippen LogP contribution in [0.5, 0.6) is 0 Å². The van der Waals surface area contributed by atoms with Crippen molar-refractivity contribution < 1.29 is 9.59 Å². The summed E-state index contributed by atoms with van der Waals surface area (Å²) >= 11 is 0. The van der Waals surface area contributed by atoms with Gasteiger partial charge in [0.05, 0.1) is 0 Å². The van der Waals surface area contributed by atoms with E-state index in [1.165, 1.54) is 0 Å². The predicted octanol–water partition coefficient (Wildman–Crippen LogP) is 2.76. The van der Waals surface area contributed by atoms with Crippen LogP contribution in [-0.2, 0) is 11.3 Å². The fourth-order valence-corrected chi connectivity index (χ4v) is 4.17. The van der Waals surface area contributed by atoms with E-state index in [1.807, 2.05) is 35.2 Å². The Balaban J connectivity index is 1.57. The van der Waals surface area contributed by atoms with Gasteiger partial charge in [-0.3, -0.25) is 4.79 Å². The van der Waals surface area contributed by atoms with Gasteiger partial charge in [-0.1, -0.05) is 30.3 Å². The molecule has 1 aromatic carbocycles. The van der Waals surface area contributed by atoms with Gasteiger partial charge in [0.2, 0.25) is 5.91 Å². The van der Waals surface area contributed by atoms with Crippen LogP contribution in [0.2, 0.25) is 0 Å². The number of carbonyl (C=O) groups excluding carboxylic acids is 2. The lowest BCUT2D eigenvalue weighted by atomic mass is 9.88. The number of hydrogen-bond donors (Lipinski definition) is 1. The van der Waals surface area contributed by atoms with Gasteiger partial charge >= 0.3 is 6.03 Å². The van der Waals surface area contributed by atoms with Crippen LogP contribution in [0.4, 0.5) is 4.79 Å². The first kappa shape index (κ1) is 16.8. The average Bonchev–Trinajstić information content (AvgIpc) is 2.78. The molecular weight excluding hydrogens is 302 g/mol. The number of carbonyl (C=O) groups is 2. The van der Waals surface area contributed by atoms with E-state index in [0.717, 1.165) is 50.9 Å². The third-order valence-electron chi connectivity index (χ3n) is 5.49. The van der Waals surface area contributed by atoms with Crippen molar-refractivity contribution in [2.24, 2.45) is 0 Å². The molecule has 0 unspecified atom stereocenters. The second-order valence-corrected chi connectivity index (χ2v) is 6.85. The number of nitrogens with zero attached hydrogens (tertiary/aromatic N) is 2. The molecule has 1 aromatic rings. The summed E-state index contributed by atoms with van der Waals surface area (Å²) in [4.78, 5) is 28.5. The van der Waals surface area contributed by atoms with Crippen LogP contribution in [-0.4, -0.2) is 46.9 Å². The zero-order chi connectivity index (χ0) is 17.0. The number of likely N-dealkylation sites (tertiary alicyclic amines) is 2. The van der Waals surface area contributed by atoms with Gasteiger partial charge < -0.3 is 15.1 Å². The van der Waals surface area contributed by atoms with Crippen molar-refractivity contribution in [2.75, 3.05) is 19.6 Å². The first-order valence-corrected chi connectivity index (χ1v) is 9.02. The summed E-state index contributed by atoms with van der Waals surface area (Å²) < 4.78 is 0.